The van der Waals surface area contributed by atoms with Crippen molar-refractivity contribution in [2.24, 2.45) is 0 Å². The zero-order valence-electron chi connectivity index (χ0n) is 16.0. The molecule has 0 saturated heterocycles. The molecule has 1 atom stereocenters. The Bertz CT molecular complexity index is 1160. The molecule has 0 saturated carbocycles. The molecule has 1 unspecified atom stereocenters. The summed E-state index contributed by atoms with van der Waals surface area (Å²) in [6, 6.07) is 12.8. The molecule has 4 heterocycles. The van der Waals surface area contributed by atoms with Crippen LogP contribution in [0.25, 0.3) is 22.1 Å². The molecular weight excluding hydrogens is 336 g/mol. The molecule has 5 rings (SSSR count). The topological polar surface area (TPSA) is 45.4 Å². The lowest BCUT2D eigenvalue weighted by atomic mass is 10.1. The van der Waals surface area contributed by atoms with Gasteiger partial charge in [0.05, 0.1) is 11.4 Å². The van der Waals surface area contributed by atoms with Gasteiger partial charge >= 0.3 is 0 Å². The minimum atomic E-state index is 0.139. The Hall–Kier alpha value is -3.08. The van der Waals surface area contributed by atoms with Crippen molar-refractivity contribution in [1.82, 2.24) is 9.97 Å². The molecule has 0 spiro atoms. The quantitative estimate of drug-likeness (QED) is 0.480. The lowest BCUT2D eigenvalue weighted by Crippen LogP contribution is -2.42. The molecule has 0 amide bonds. The molecule has 0 bridgehead atoms. The first-order valence-electron chi connectivity index (χ1n) is 9.37. The summed E-state index contributed by atoms with van der Waals surface area (Å²) in [4.78, 5) is 13.8. The van der Waals surface area contributed by atoms with E-state index in [-0.39, 0.29) is 6.17 Å². The first-order chi connectivity index (χ1) is 13.1. The summed E-state index contributed by atoms with van der Waals surface area (Å²) in [5.74, 6) is 1.02. The van der Waals surface area contributed by atoms with Crippen molar-refractivity contribution in [3.05, 3.63) is 54.4 Å². The molecule has 0 radical (unpaired) electrons. The fraction of sp³-hybridized carbons (Fsp3) is 0.273. The second kappa shape index (κ2) is 5.71. The van der Waals surface area contributed by atoms with Crippen molar-refractivity contribution in [2.45, 2.75) is 39.9 Å². The molecular formula is C22H22N4O. The maximum absolute atomic E-state index is 6.24. The minimum Gasteiger partial charge on any atom is -0.435 e. The summed E-state index contributed by atoms with van der Waals surface area (Å²) < 4.78 is 6.24. The minimum absolute atomic E-state index is 0.139. The van der Waals surface area contributed by atoms with E-state index >= 15 is 0 Å². The highest BCUT2D eigenvalue weighted by atomic mass is 16.3. The third-order valence-corrected chi connectivity index (χ3v) is 5.44. The van der Waals surface area contributed by atoms with Gasteiger partial charge in [-0.25, -0.2) is 9.97 Å². The first-order valence-corrected chi connectivity index (χ1v) is 9.37. The van der Waals surface area contributed by atoms with Crippen molar-refractivity contribution in [2.75, 3.05) is 9.80 Å². The number of rotatable bonds is 2. The van der Waals surface area contributed by atoms with Gasteiger partial charge in [0.25, 0.3) is 0 Å². The third kappa shape index (κ3) is 2.17. The normalized spacial score (nSPS) is 16.7. The largest absolute Gasteiger partial charge is 0.435 e. The van der Waals surface area contributed by atoms with Crippen LogP contribution in [0.5, 0.6) is 0 Å². The highest BCUT2D eigenvalue weighted by molar-refractivity contribution is 6.09. The van der Waals surface area contributed by atoms with Gasteiger partial charge in [-0.05, 0) is 57.5 Å². The summed E-state index contributed by atoms with van der Waals surface area (Å²) >= 11 is 0. The van der Waals surface area contributed by atoms with E-state index < -0.39 is 0 Å². The van der Waals surface area contributed by atoms with Crippen LogP contribution in [-0.2, 0) is 0 Å². The van der Waals surface area contributed by atoms with Crippen molar-refractivity contribution in [3.63, 3.8) is 0 Å². The van der Waals surface area contributed by atoms with Crippen LogP contribution in [0.2, 0.25) is 0 Å². The van der Waals surface area contributed by atoms with Crippen molar-refractivity contribution >= 4 is 39.3 Å². The summed E-state index contributed by atoms with van der Waals surface area (Å²) in [5.41, 5.74) is 4.95. The number of hydrogen-bond acceptors (Lipinski definition) is 5. The molecule has 4 aromatic rings. The second-order valence-corrected chi connectivity index (χ2v) is 7.41. The smallest absolute Gasteiger partial charge is 0.227 e. The highest BCUT2D eigenvalue weighted by Gasteiger charge is 2.38. The molecule has 1 aromatic carbocycles. The number of fused-ring (bicyclic) bond motifs is 4. The Labute approximate surface area is 158 Å². The molecule has 136 valence electrons. The number of hydrogen-bond donors (Lipinski definition) is 0. The molecule has 0 N–H and O–H groups in total. The van der Waals surface area contributed by atoms with Crippen molar-refractivity contribution in [3.8, 4) is 0 Å². The van der Waals surface area contributed by atoms with Crippen LogP contribution in [-0.4, -0.2) is 22.2 Å². The van der Waals surface area contributed by atoms with Gasteiger partial charge in [-0.3, -0.25) is 0 Å². The van der Waals surface area contributed by atoms with E-state index in [1.54, 1.807) is 6.20 Å². The fourth-order valence-electron chi connectivity index (χ4n) is 4.32. The first kappa shape index (κ1) is 16.1. The highest BCUT2D eigenvalue weighted by Crippen LogP contribution is 2.47. The predicted octanol–water partition coefficient (Wildman–Crippen LogP) is 5.40. The Morgan fingerprint density at radius 1 is 1.00 bits per heavy atom. The van der Waals surface area contributed by atoms with Crippen LogP contribution in [0.3, 0.4) is 0 Å². The Kier molecular flexibility index (Phi) is 3.41. The van der Waals surface area contributed by atoms with Gasteiger partial charge in [-0.2, -0.15) is 0 Å². The van der Waals surface area contributed by atoms with Gasteiger partial charge < -0.3 is 14.2 Å². The number of aryl methyl sites for hydroxylation is 1. The van der Waals surface area contributed by atoms with E-state index in [0.29, 0.717) is 11.8 Å². The molecule has 0 aliphatic carbocycles. The van der Waals surface area contributed by atoms with E-state index in [0.717, 1.165) is 33.5 Å². The second-order valence-electron chi connectivity index (χ2n) is 7.41. The lowest BCUT2D eigenvalue weighted by molar-refractivity contribution is 0.597. The van der Waals surface area contributed by atoms with Gasteiger partial charge in [0.15, 0.2) is 11.4 Å². The number of aromatic nitrogens is 2. The van der Waals surface area contributed by atoms with Gasteiger partial charge in [-0.15, -0.1) is 0 Å². The van der Waals surface area contributed by atoms with E-state index in [4.69, 9.17) is 4.42 Å². The Morgan fingerprint density at radius 2 is 1.78 bits per heavy atom. The van der Waals surface area contributed by atoms with E-state index in [9.17, 15) is 0 Å². The van der Waals surface area contributed by atoms with Gasteiger partial charge in [0.2, 0.25) is 5.71 Å². The summed E-state index contributed by atoms with van der Waals surface area (Å²) in [5, 5.41) is 2.15. The maximum atomic E-state index is 6.24. The molecule has 5 heteroatoms. The fourth-order valence-corrected chi connectivity index (χ4v) is 4.32. The zero-order valence-corrected chi connectivity index (χ0v) is 16.0. The third-order valence-electron chi connectivity index (χ3n) is 5.44. The van der Waals surface area contributed by atoms with Crippen LogP contribution < -0.4 is 9.80 Å². The Morgan fingerprint density at radius 3 is 2.59 bits per heavy atom. The van der Waals surface area contributed by atoms with E-state index in [2.05, 4.69) is 71.7 Å². The van der Waals surface area contributed by atoms with E-state index in [1.807, 2.05) is 18.3 Å². The summed E-state index contributed by atoms with van der Waals surface area (Å²) in [7, 11) is 0. The number of nitrogens with zero attached hydrogens (tertiary/aromatic N) is 4. The van der Waals surface area contributed by atoms with Crippen molar-refractivity contribution < 1.29 is 4.42 Å². The van der Waals surface area contributed by atoms with Crippen LogP contribution in [0.4, 0.5) is 17.2 Å². The average molecular weight is 358 g/mol. The number of anilines is 3. The Balaban J connectivity index is 1.82. The van der Waals surface area contributed by atoms with Crippen molar-refractivity contribution in [1.29, 1.82) is 0 Å². The number of benzene rings is 1. The van der Waals surface area contributed by atoms with Gasteiger partial charge in [0.1, 0.15) is 6.17 Å². The summed E-state index contributed by atoms with van der Waals surface area (Å²) in [6.45, 7) is 8.77. The molecule has 5 nitrogen and oxygen atoms in total. The molecule has 27 heavy (non-hydrogen) atoms. The van der Waals surface area contributed by atoms with Crippen LogP contribution in [0, 0.1) is 6.92 Å². The van der Waals surface area contributed by atoms with Gasteiger partial charge in [0, 0.05) is 29.2 Å². The SMILES string of the molecule is Cc1ccc2c(oc3ncccc32)c1N1c2cccnc2N(C(C)C)C1C. The average Bonchev–Trinajstić information content (AvgIpc) is 3.17. The van der Waals surface area contributed by atoms with E-state index in [1.165, 1.54) is 5.56 Å². The van der Waals surface area contributed by atoms with Crippen LogP contribution >= 0.6 is 0 Å². The zero-order chi connectivity index (χ0) is 18.7. The number of furan rings is 1. The van der Waals surface area contributed by atoms with Crippen LogP contribution in [0.1, 0.15) is 26.3 Å². The molecule has 1 aliphatic heterocycles. The molecule has 1 aliphatic rings. The predicted molar refractivity (Wildman–Crippen MR) is 110 cm³/mol. The standard InChI is InChI=1S/C22H22N4O/c1-13(2)25-15(4)26(18-8-6-11-23-21(18)25)19-14(3)9-10-16-17-7-5-12-24-22(17)27-20(16)19/h5-13,15H,1-4H3. The molecule has 0 fully saturated rings. The molecule has 3 aromatic heterocycles. The lowest BCUT2D eigenvalue weighted by Gasteiger charge is -2.33. The van der Waals surface area contributed by atoms with Gasteiger partial charge in [-0.1, -0.05) is 12.1 Å². The number of pyridine rings is 2. The van der Waals surface area contributed by atoms with Crippen LogP contribution in [0.15, 0.2) is 53.2 Å². The monoisotopic (exact) mass is 358 g/mol. The summed E-state index contributed by atoms with van der Waals surface area (Å²) in [6.07, 6.45) is 3.78. The maximum Gasteiger partial charge on any atom is 0.227 e.